The number of hydrogen-bond donors (Lipinski definition) is 1. The van der Waals surface area contributed by atoms with E-state index in [2.05, 4.69) is 4.37 Å². The Hall–Kier alpha value is -1.19. The molecule has 1 unspecified atom stereocenters. The quantitative estimate of drug-likeness (QED) is 0.816. The van der Waals surface area contributed by atoms with Crippen LogP contribution in [0.25, 0.3) is 0 Å². The number of aromatic nitrogens is 1. The Kier molecular flexibility index (Phi) is 2.35. The van der Waals surface area contributed by atoms with Crippen molar-refractivity contribution in [3.05, 3.63) is 53.0 Å². The molecule has 0 saturated carbocycles. The van der Waals surface area contributed by atoms with E-state index in [-0.39, 0.29) is 0 Å². The summed E-state index contributed by atoms with van der Waals surface area (Å²) < 4.78 is 4.16. The van der Waals surface area contributed by atoms with E-state index in [4.69, 9.17) is 0 Å². The first kappa shape index (κ1) is 9.37. The third kappa shape index (κ3) is 1.56. The molecule has 3 heteroatoms. The average Bonchev–Trinajstić information content (AvgIpc) is 2.72. The van der Waals surface area contributed by atoms with E-state index in [1.54, 1.807) is 6.92 Å². The number of aliphatic hydroxyl groups is 1. The summed E-state index contributed by atoms with van der Waals surface area (Å²) in [6, 6.07) is 11.4. The SMILES string of the molecule is CC(O)(c1ccccc1)c1ccsn1. The van der Waals surface area contributed by atoms with Gasteiger partial charge in [0.1, 0.15) is 5.60 Å². The van der Waals surface area contributed by atoms with Crippen molar-refractivity contribution in [1.82, 2.24) is 4.37 Å². The van der Waals surface area contributed by atoms with Crippen LogP contribution in [-0.4, -0.2) is 9.48 Å². The first-order chi connectivity index (χ1) is 6.71. The lowest BCUT2D eigenvalue weighted by atomic mass is 9.93. The van der Waals surface area contributed by atoms with Gasteiger partial charge in [-0.15, -0.1) is 0 Å². The molecular formula is C11H11NOS. The molecule has 0 bridgehead atoms. The molecule has 0 spiro atoms. The average molecular weight is 205 g/mol. The van der Waals surface area contributed by atoms with Crippen LogP contribution in [0.2, 0.25) is 0 Å². The number of benzene rings is 1. The van der Waals surface area contributed by atoms with Gasteiger partial charge in [-0.1, -0.05) is 30.3 Å². The molecule has 0 saturated heterocycles. The van der Waals surface area contributed by atoms with Crippen molar-refractivity contribution in [3.8, 4) is 0 Å². The lowest BCUT2D eigenvalue weighted by molar-refractivity contribution is 0.0985. The highest BCUT2D eigenvalue weighted by molar-refractivity contribution is 7.03. The largest absolute Gasteiger partial charge is 0.379 e. The third-order valence-corrected chi connectivity index (χ3v) is 2.83. The molecule has 2 rings (SSSR count). The fourth-order valence-corrected chi connectivity index (χ4v) is 1.98. The van der Waals surface area contributed by atoms with Gasteiger partial charge in [0, 0.05) is 5.38 Å². The molecule has 2 nitrogen and oxygen atoms in total. The molecule has 2 aromatic rings. The molecule has 1 aromatic carbocycles. The second-order valence-electron chi connectivity index (χ2n) is 3.32. The summed E-state index contributed by atoms with van der Waals surface area (Å²) in [5, 5.41) is 12.2. The molecule has 1 heterocycles. The molecule has 0 aliphatic rings. The van der Waals surface area contributed by atoms with E-state index in [1.807, 2.05) is 41.8 Å². The normalized spacial score (nSPS) is 15.0. The van der Waals surface area contributed by atoms with Crippen LogP contribution in [0.15, 0.2) is 41.8 Å². The minimum atomic E-state index is -0.985. The Morgan fingerprint density at radius 2 is 1.93 bits per heavy atom. The second kappa shape index (κ2) is 3.52. The summed E-state index contributed by atoms with van der Waals surface area (Å²) in [6.45, 7) is 1.76. The zero-order chi connectivity index (χ0) is 10.0. The molecule has 0 radical (unpaired) electrons. The van der Waals surface area contributed by atoms with Crippen LogP contribution in [0.5, 0.6) is 0 Å². The minimum Gasteiger partial charge on any atom is -0.379 e. The van der Waals surface area contributed by atoms with Crippen molar-refractivity contribution in [3.63, 3.8) is 0 Å². The summed E-state index contributed by atoms with van der Waals surface area (Å²) in [4.78, 5) is 0. The van der Waals surface area contributed by atoms with E-state index < -0.39 is 5.60 Å². The molecule has 0 fully saturated rings. The van der Waals surface area contributed by atoms with Crippen molar-refractivity contribution in [2.75, 3.05) is 0 Å². The highest BCUT2D eigenvalue weighted by Gasteiger charge is 2.27. The van der Waals surface area contributed by atoms with Crippen molar-refractivity contribution in [2.24, 2.45) is 0 Å². The van der Waals surface area contributed by atoms with Gasteiger partial charge in [0.25, 0.3) is 0 Å². The molecule has 1 aromatic heterocycles. The summed E-state index contributed by atoms with van der Waals surface area (Å²) in [6.07, 6.45) is 0. The first-order valence-electron chi connectivity index (χ1n) is 4.40. The van der Waals surface area contributed by atoms with Gasteiger partial charge in [0.15, 0.2) is 0 Å². The number of nitrogens with zero attached hydrogens (tertiary/aromatic N) is 1. The van der Waals surface area contributed by atoms with Crippen molar-refractivity contribution < 1.29 is 5.11 Å². The summed E-state index contributed by atoms with van der Waals surface area (Å²) in [7, 11) is 0. The molecule has 1 atom stereocenters. The van der Waals surface area contributed by atoms with Crippen LogP contribution < -0.4 is 0 Å². The summed E-state index contributed by atoms with van der Waals surface area (Å²) in [5.74, 6) is 0. The third-order valence-electron chi connectivity index (χ3n) is 2.27. The Balaban J connectivity index is 2.43. The highest BCUT2D eigenvalue weighted by atomic mass is 32.1. The van der Waals surface area contributed by atoms with Crippen LogP contribution in [0, 0.1) is 0 Å². The highest BCUT2D eigenvalue weighted by Crippen LogP contribution is 2.27. The predicted molar refractivity (Wildman–Crippen MR) is 57.2 cm³/mol. The molecule has 0 aliphatic carbocycles. The van der Waals surface area contributed by atoms with Gasteiger partial charge in [-0.3, -0.25) is 0 Å². The predicted octanol–water partition coefficient (Wildman–Crippen LogP) is 2.40. The van der Waals surface area contributed by atoms with Gasteiger partial charge in [0.05, 0.1) is 5.69 Å². The first-order valence-corrected chi connectivity index (χ1v) is 5.23. The lowest BCUT2D eigenvalue weighted by Gasteiger charge is -2.21. The standard InChI is InChI=1S/C11H11NOS/c1-11(13,10-7-8-14-12-10)9-5-3-2-4-6-9/h2-8,13H,1H3. The van der Waals surface area contributed by atoms with Crippen molar-refractivity contribution in [1.29, 1.82) is 0 Å². The lowest BCUT2D eigenvalue weighted by Crippen LogP contribution is -2.22. The maximum atomic E-state index is 10.3. The van der Waals surface area contributed by atoms with Crippen molar-refractivity contribution >= 4 is 11.5 Å². The Morgan fingerprint density at radius 1 is 1.21 bits per heavy atom. The van der Waals surface area contributed by atoms with Crippen LogP contribution in [0.3, 0.4) is 0 Å². The fraction of sp³-hybridized carbons (Fsp3) is 0.182. The molecule has 1 N–H and O–H groups in total. The van der Waals surface area contributed by atoms with Gasteiger partial charge < -0.3 is 5.11 Å². The maximum Gasteiger partial charge on any atom is 0.130 e. The van der Waals surface area contributed by atoms with E-state index in [0.29, 0.717) is 5.69 Å². The minimum absolute atomic E-state index is 0.703. The van der Waals surface area contributed by atoms with Gasteiger partial charge >= 0.3 is 0 Å². The van der Waals surface area contributed by atoms with E-state index in [0.717, 1.165) is 5.56 Å². The van der Waals surface area contributed by atoms with E-state index >= 15 is 0 Å². The van der Waals surface area contributed by atoms with Crippen LogP contribution >= 0.6 is 11.5 Å². The molecule has 0 amide bonds. The zero-order valence-corrected chi connectivity index (χ0v) is 8.66. The molecular weight excluding hydrogens is 194 g/mol. The molecule has 14 heavy (non-hydrogen) atoms. The van der Waals surface area contributed by atoms with Crippen LogP contribution in [0.1, 0.15) is 18.2 Å². The maximum absolute atomic E-state index is 10.3. The van der Waals surface area contributed by atoms with Gasteiger partial charge in [0.2, 0.25) is 0 Å². The van der Waals surface area contributed by atoms with E-state index in [9.17, 15) is 5.11 Å². The van der Waals surface area contributed by atoms with Crippen LogP contribution in [0.4, 0.5) is 0 Å². The monoisotopic (exact) mass is 205 g/mol. The van der Waals surface area contributed by atoms with Gasteiger partial charge in [-0.25, -0.2) is 0 Å². The Labute approximate surface area is 87.0 Å². The zero-order valence-electron chi connectivity index (χ0n) is 7.84. The van der Waals surface area contributed by atoms with E-state index in [1.165, 1.54) is 11.5 Å². The topological polar surface area (TPSA) is 33.1 Å². The molecule has 72 valence electrons. The smallest absolute Gasteiger partial charge is 0.130 e. The second-order valence-corrected chi connectivity index (χ2v) is 3.99. The summed E-state index contributed by atoms with van der Waals surface area (Å²) >= 11 is 1.35. The number of rotatable bonds is 2. The van der Waals surface area contributed by atoms with Crippen molar-refractivity contribution in [2.45, 2.75) is 12.5 Å². The van der Waals surface area contributed by atoms with Crippen LogP contribution in [-0.2, 0) is 5.60 Å². The van der Waals surface area contributed by atoms with Gasteiger partial charge in [-0.2, -0.15) is 4.37 Å². The Morgan fingerprint density at radius 3 is 2.50 bits per heavy atom. The molecule has 0 aliphatic heterocycles. The summed E-state index contributed by atoms with van der Waals surface area (Å²) in [5.41, 5.74) is 0.584. The fourth-order valence-electron chi connectivity index (χ4n) is 1.37. The Bertz CT molecular complexity index is 394. The number of hydrogen-bond acceptors (Lipinski definition) is 3. The van der Waals surface area contributed by atoms with Gasteiger partial charge in [-0.05, 0) is 30.1 Å².